The molecule has 6 fully saturated rings. The molecule has 4 aliphatic carbocycles. The van der Waals surface area contributed by atoms with Crippen LogP contribution in [0.5, 0.6) is 0 Å². The lowest BCUT2D eigenvalue weighted by Gasteiger charge is -2.57. The molecular weight excluding hydrogens is 360 g/mol. The number of methoxy groups -OCH3 is 2. The normalized spacial score (nSPS) is 55.3. The third kappa shape index (κ3) is 1.92. The summed E-state index contributed by atoms with van der Waals surface area (Å²) in [6, 6.07) is 0. The number of fused-ring (bicyclic) bond motifs is 4. The lowest BCUT2D eigenvalue weighted by Crippen LogP contribution is -2.62. The third-order valence-corrected chi connectivity index (χ3v) is 9.96. The minimum Gasteiger partial charge on any atom is -0.393 e. The summed E-state index contributed by atoms with van der Waals surface area (Å²) in [5.74, 6) is 0.210. The first-order chi connectivity index (χ1) is 13.4. The van der Waals surface area contributed by atoms with E-state index in [1.165, 1.54) is 0 Å². The van der Waals surface area contributed by atoms with E-state index in [2.05, 4.69) is 6.92 Å². The van der Waals surface area contributed by atoms with E-state index < -0.39 is 11.6 Å². The average Bonchev–Trinajstić information content (AvgIpc) is 2.97. The highest BCUT2D eigenvalue weighted by Crippen LogP contribution is 2.75. The van der Waals surface area contributed by atoms with Gasteiger partial charge in [0.15, 0.2) is 11.6 Å². The largest absolute Gasteiger partial charge is 0.393 e. The molecule has 0 amide bonds. The summed E-state index contributed by atoms with van der Waals surface area (Å²) in [6.07, 6.45) is 7.13. The highest BCUT2D eigenvalue weighted by molar-refractivity contribution is 5.29. The molecule has 0 unspecified atom stereocenters. The smallest absolute Gasteiger partial charge is 0.174 e. The first-order valence-corrected chi connectivity index (χ1v) is 11.2. The molecule has 1 spiro atoms. The fraction of sp³-hybridized carbons (Fsp3) is 1.00. The van der Waals surface area contributed by atoms with Crippen molar-refractivity contribution in [1.82, 2.24) is 0 Å². The van der Waals surface area contributed by atoms with Crippen molar-refractivity contribution in [3.8, 4) is 0 Å². The molecule has 1 N–H and O–H groups in total. The van der Waals surface area contributed by atoms with Gasteiger partial charge in [0.25, 0.3) is 0 Å². The summed E-state index contributed by atoms with van der Waals surface area (Å²) < 4.78 is 30.6. The SMILES string of the molecule is COC1(OC)CC[C@]23O[C@]2(CC[C@@H]2[C@@H]3[C@@H](O)C[C@@]3(C)[C@H]2CCC32OCCO2)C1. The van der Waals surface area contributed by atoms with Crippen molar-refractivity contribution in [2.24, 2.45) is 23.2 Å². The van der Waals surface area contributed by atoms with Gasteiger partial charge in [0.1, 0.15) is 11.2 Å². The van der Waals surface area contributed by atoms with E-state index >= 15 is 0 Å². The Balaban J connectivity index is 1.33. The Morgan fingerprint density at radius 3 is 2.43 bits per heavy atom. The van der Waals surface area contributed by atoms with Crippen molar-refractivity contribution in [3.05, 3.63) is 0 Å². The maximum absolute atomic E-state index is 11.5. The summed E-state index contributed by atoms with van der Waals surface area (Å²) in [6.45, 7) is 3.67. The van der Waals surface area contributed by atoms with Crippen molar-refractivity contribution in [2.75, 3.05) is 27.4 Å². The molecule has 0 radical (unpaired) electrons. The van der Waals surface area contributed by atoms with Gasteiger partial charge in [-0.05, 0) is 43.9 Å². The first kappa shape index (κ1) is 18.5. The van der Waals surface area contributed by atoms with E-state index in [0.717, 1.165) is 51.4 Å². The van der Waals surface area contributed by atoms with Crippen LogP contribution in [0.4, 0.5) is 0 Å². The number of hydrogen-bond acceptors (Lipinski definition) is 6. The highest BCUT2D eigenvalue weighted by Gasteiger charge is 2.82. The van der Waals surface area contributed by atoms with Gasteiger partial charge >= 0.3 is 0 Å². The summed E-state index contributed by atoms with van der Waals surface area (Å²) in [4.78, 5) is 0. The van der Waals surface area contributed by atoms with Gasteiger partial charge < -0.3 is 28.8 Å². The van der Waals surface area contributed by atoms with Gasteiger partial charge in [-0.3, -0.25) is 0 Å². The van der Waals surface area contributed by atoms with Crippen LogP contribution in [-0.4, -0.2) is 61.4 Å². The van der Waals surface area contributed by atoms with E-state index in [4.69, 9.17) is 23.7 Å². The Hall–Kier alpha value is -0.240. The zero-order valence-corrected chi connectivity index (χ0v) is 17.4. The molecular formula is C22H34O6. The number of hydrogen-bond donors (Lipinski definition) is 1. The van der Waals surface area contributed by atoms with Gasteiger partial charge in [0, 0.05) is 44.8 Å². The molecule has 0 aromatic heterocycles. The number of epoxide rings is 1. The van der Waals surface area contributed by atoms with Gasteiger partial charge in [-0.2, -0.15) is 0 Å². The van der Waals surface area contributed by atoms with Crippen molar-refractivity contribution in [3.63, 3.8) is 0 Å². The Kier molecular flexibility index (Phi) is 3.65. The molecule has 6 heteroatoms. The number of ether oxygens (including phenoxy) is 5. The fourth-order valence-electron chi connectivity index (χ4n) is 8.70. The van der Waals surface area contributed by atoms with Gasteiger partial charge in [0.05, 0.1) is 19.3 Å². The van der Waals surface area contributed by atoms with Crippen LogP contribution in [0.3, 0.4) is 0 Å². The monoisotopic (exact) mass is 394 g/mol. The average molecular weight is 395 g/mol. The van der Waals surface area contributed by atoms with Gasteiger partial charge in [-0.1, -0.05) is 6.92 Å². The van der Waals surface area contributed by atoms with E-state index in [0.29, 0.717) is 25.0 Å². The van der Waals surface area contributed by atoms with Crippen LogP contribution in [0.15, 0.2) is 0 Å². The number of aliphatic hydroxyl groups excluding tert-OH is 1. The summed E-state index contributed by atoms with van der Waals surface area (Å²) >= 11 is 0. The zero-order valence-electron chi connectivity index (χ0n) is 17.4. The molecule has 2 saturated heterocycles. The molecule has 6 rings (SSSR count). The van der Waals surface area contributed by atoms with Crippen molar-refractivity contribution >= 4 is 0 Å². The minimum absolute atomic E-state index is 0.104. The summed E-state index contributed by atoms with van der Waals surface area (Å²) in [7, 11) is 3.48. The van der Waals surface area contributed by atoms with E-state index in [1.807, 2.05) is 0 Å². The second kappa shape index (κ2) is 5.51. The molecule has 6 aliphatic rings. The fourth-order valence-corrected chi connectivity index (χ4v) is 8.70. The van der Waals surface area contributed by atoms with Gasteiger partial charge in [-0.15, -0.1) is 0 Å². The van der Waals surface area contributed by atoms with E-state index in [-0.39, 0.29) is 28.6 Å². The second-order valence-corrected chi connectivity index (χ2v) is 10.5. The van der Waals surface area contributed by atoms with Crippen molar-refractivity contribution < 1.29 is 28.8 Å². The standard InChI is InChI=1S/C22H34O6/c1-18-12-16(23)17-14(15(18)5-7-22(18)26-10-11-27-22)4-6-19-13-20(24-2,25-3)8-9-21(17,19)28-19/h14-17,23H,4-13H2,1-3H3/t14-,15-,16-,17+,18-,19+,21+/m0/s1. The Labute approximate surface area is 167 Å². The molecule has 4 saturated carbocycles. The van der Waals surface area contributed by atoms with Crippen LogP contribution >= 0.6 is 0 Å². The summed E-state index contributed by atoms with van der Waals surface area (Å²) in [5, 5.41) is 11.5. The third-order valence-electron chi connectivity index (χ3n) is 9.96. The quantitative estimate of drug-likeness (QED) is 0.574. The van der Waals surface area contributed by atoms with Crippen LogP contribution in [0, 0.1) is 23.2 Å². The molecule has 0 aromatic carbocycles. The van der Waals surface area contributed by atoms with E-state index in [9.17, 15) is 5.11 Å². The maximum Gasteiger partial charge on any atom is 0.174 e. The van der Waals surface area contributed by atoms with Crippen LogP contribution in [-0.2, 0) is 23.7 Å². The predicted octanol–water partition coefficient (Wildman–Crippen LogP) is 2.62. The second-order valence-electron chi connectivity index (χ2n) is 10.5. The zero-order chi connectivity index (χ0) is 19.4. The van der Waals surface area contributed by atoms with Crippen LogP contribution in [0.2, 0.25) is 0 Å². The highest BCUT2D eigenvalue weighted by atomic mass is 16.7. The molecule has 0 aromatic rings. The Bertz CT molecular complexity index is 672. The van der Waals surface area contributed by atoms with Crippen molar-refractivity contribution in [1.29, 1.82) is 0 Å². The Morgan fingerprint density at radius 1 is 0.964 bits per heavy atom. The van der Waals surface area contributed by atoms with Gasteiger partial charge in [-0.25, -0.2) is 0 Å². The first-order valence-electron chi connectivity index (χ1n) is 11.2. The molecule has 2 aliphatic heterocycles. The van der Waals surface area contributed by atoms with Crippen LogP contribution in [0.1, 0.15) is 58.3 Å². The number of aliphatic hydroxyl groups is 1. The van der Waals surface area contributed by atoms with Gasteiger partial charge in [0.2, 0.25) is 0 Å². The van der Waals surface area contributed by atoms with Crippen LogP contribution in [0.25, 0.3) is 0 Å². The molecule has 7 atom stereocenters. The van der Waals surface area contributed by atoms with Crippen LogP contribution < -0.4 is 0 Å². The lowest BCUT2D eigenvalue weighted by atomic mass is 9.49. The topological polar surface area (TPSA) is 69.7 Å². The molecule has 158 valence electrons. The number of rotatable bonds is 2. The van der Waals surface area contributed by atoms with E-state index in [1.54, 1.807) is 14.2 Å². The molecule has 0 bridgehead atoms. The summed E-state index contributed by atoms with van der Waals surface area (Å²) in [5.41, 5.74) is -0.471. The molecule has 6 nitrogen and oxygen atoms in total. The van der Waals surface area contributed by atoms with Crippen molar-refractivity contribution in [2.45, 2.75) is 87.2 Å². The maximum atomic E-state index is 11.5. The molecule has 2 heterocycles. The lowest BCUT2D eigenvalue weighted by molar-refractivity contribution is -0.260. The Morgan fingerprint density at radius 2 is 1.71 bits per heavy atom. The minimum atomic E-state index is -0.538. The predicted molar refractivity (Wildman–Crippen MR) is 99.5 cm³/mol. The molecule has 28 heavy (non-hydrogen) atoms.